The van der Waals surface area contributed by atoms with Crippen LogP contribution in [0.25, 0.3) is 0 Å². The Labute approximate surface area is 102 Å². The lowest BCUT2D eigenvalue weighted by Crippen LogP contribution is -2.38. The Hall–Kier alpha value is -0.120. The van der Waals surface area contributed by atoms with Crippen LogP contribution in [0.2, 0.25) is 0 Å². The normalized spacial score (nSPS) is 12.4. The molecule has 3 heteroatoms. The van der Waals surface area contributed by atoms with Crippen LogP contribution in [0.5, 0.6) is 0 Å². The quantitative estimate of drug-likeness (QED) is 0.614. The van der Waals surface area contributed by atoms with E-state index in [0.717, 1.165) is 39.4 Å². The molecular formula is C13H30N2O. The first kappa shape index (κ1) is 15.9. The maximum absolute atomic E-state index is 5.37. The monoisotopic (exact) mass is 230 g/mol. The van der Waals surface area contributed by atoms with Gasteiger partial charge in [-0.15, -0.1) is 0 Å². The van der Waals surface area contributed by atoms with E-state index in [1.807, 2.05) is 6.92 Å². The molecule has 0 amide bonds. The Morgan fingerprint density at radius 2 is 1.81 bits per heavy atom. The minimum absolute atomic E-state index is 0.238. The van der Waals surface area contributed by atoms with E-state index in [-0.39, 0.29) is 5.54 Å². The van der Waals surface area contributed by atoms with Gasteiger partial charge in [-0.05, 0) is 53.8 Å². The summed E-state index contributed by atoms with van der Waals surface area (Å²) in [5.74, 6) is 0. The summed E-state index contributed by atoms with van der Waals surface area (Å²) in [5.41, 5.74) is 0.238. The molecule has 0 bridgehead atoms. The van der Waals surface area contributed by atoms with Gasteiger partial charge in [0.15, 0.2) is 0 Å². The van der Waals surface area contributed by atoms with Gasteiger partial charge in [-0.3, -0.25) is 0 Å². The van der Waals surface area contributed by atoms with Gasteiger partial charge < -0.3 is 15.0 Å². The summed E-state index contributed by atoms with van der Waals surface area (Å²) >= 11 is 0. The number of nitrogens with zero attached hydrogens (tertiary/aromatic N) is 1. The largest absolute Gasteiger partial charge is 0.380 e. The van der Waals surface area contributed by atoms with Gasteiger partial charge in [0, 0.05) is 18.7 Å². The van der Waals surface area contributed by atoms with Gasteiger partial charge in [0.1, 0.15) is 0 Å². The SMILES string of the molecule is CCOCCN(CC)CCCNC(C)(C)C. The Morgan fingerprint density at radius 3 is 2.31 bits per heavy atom. The summed E-state index contributed by atoms with van der Waals surface area (Å²) in [4.78, 5) is 2.44. The van der Waals surface area contributed by atoms with E-state index in [0.29, 0.717) is 0 Å². The lowest BCUT2D eigenvalue weighted by Gasteiger charge is -2.23. The van der Waals surface area contributed by atoms with Gasteiger partial charge in [0.05, 0.1) is 6.61 Å². The number of likely N-dealkylation sites (N-methyl/N-ethyl adjacent to an activating group) is 1. The fourth-order valence-electron chi connectivity index (χ4n) is 1.53. The fraction of sp³-hybridized carbons (Fsp3) is 1.00. The van der Waals surface area contributed by atoms with Crippen molar-refractivity contribution < 1.29 is 4.74 Å². The number of hydrogen-bond donors (Lipinski definition) is 1. The van der Waals surface area contributed by atoms with E-state index in [9.17, 15) is 0 Å². The van der Waals surface area contributed by atoms with Crippen LogP contribution in [-0.4, -0.2) is 49.8 Å². The van der Waals surface area contributed by atoms with E-state index in [1.165, 1.54) is 6.42 Å². The number of ether oxygens (including phenoxy) is 1. The van der Waals surface area contributed by atoms with E-state index < -0.39 is 0 Å². The minimum atomic E-state index is 0.238. The second-order valence-corrected chi connectivity index (χ2v) is 5.16. The van der Waals surface area contributed by atoms with Gasteiger partial charge in [0.2, 0.25) is 0 Å². The predicted octanol–water partition coefficient (Wildman–Crippen LogP) is 2.12. The third kappa shape index (κ3) is 10.4. The molecule has 0 atom stereocenters. The van der Waals surface area contributed by atoms with Gasteiger partial charge in [0.25, 0.3) is 0 Å². The summed E-state index contributed by atoms with van der Waals surface area (Å²) < 4.78 is 5.37. The van der Waals surface area contributed by atoms with Crippen molar-refractivity contribution in [2.75, 3.05) is 39.4 Å². The molecular weight excluding hydrogens is 200 g/mol. The highest BCUT2D eigenvalue weighted by Crippen LogP contribution is 1.98. The molecule has 3 nitrogen and oxygen atoms in total. The molecule has 0 aliphatic rings. The van der Waals surface area contributed by atoms with Crippen LogP contribution in [0.4, 0.5) is 0 Å². The van der Waals surface area contributed by atoms with Gasteiger partial charge >= 0.3 is 0 Å². The maximum Gasteiger partial charge on any atom is 0.0593 e. The first-order valence-corrected chi connectivity index (χ1v) is 6.54. The van der Waals surface area contributed by atoms with Crippen LogP contribution >= 0.6 is 0 Å². The van der Waals surface area contributed by atoms with Gasteiger partial charge in [-0.1, -0.05) is 6.92 Å². The van der Waals surface area contributed by atoms with Crippen molar-refractivity contribution in [3.63, 3.8) is 0 Å². The van der Waals surface area contributed by atoms with Crippen LogP contribution in [0.3, 0.4) is 0 Å². The van der Waals surface area contributed by atoms with Crippen molar-refractivity contribution in [3.05, 3.63) is 0 Å². The molecule has 0 aromatic carbocycles. The second kappa shape index (κ2) is 8.97. The summed E-state index contributed by atoms with van der Waals surface area (Å²) in [5, 5.41) is 3.51. The Bertz CT molecular complexity index is 155. The lowest BCUT2D eigenvalue weighted by molar-refractivity contribution is 0.114. The summed E-state index contributed by atoms with van der Waals surface area (Å²) in [6.07, 6.45) is 1.21. The number of hydrogen-bond acceptors (Lipinski definition) is 3. The van der Waals surface area contributed by atoms with Crippen LogP contribution in [0, 0.1) is 0 Å². The molecule has 0 aliphatic carbocycles. The molecule has 0 aliphatic heterocycles. The molecule has 0 rings (SSSR count). The molecule has 0 aromatic rings. The molecule has 0 aromatic heterocycles. The smallest absolute Gasteiger partial charge is 0.0593 e. The van der Waals surface area contributed by atoms with Crippen molar-refractivity contribution in [1.29, 1.82) is 0 Å². The highest BCUT2D eigenvalue weighted by atomic mass is 16.5. The zero-order valence-electron chi connectivity index (χ0n) is 11.8. The molecule has 0 fully saturated rings. The molecule has 0 saturated heterocycles. The fourth-order valence-corrected chi connectivity index (χ4v) is 1.53. The maximum atomic E-state index is 5.37. The Balaban J connectivity index is 3.47. The minimum Gasteiger partial charge on any atom is -0.380 e. The topological polar surface area (TPSA) is 24.5 Å². The van der Waals surface area contributed by atoms with Crippen LogP contribution in [-0.2, 0) is 4.74 Å². The van der Waals surface area contributed by atoms with Crippen molar-refractivity contribution in [1.82, 2.24) is 10.2 Å². The first-order valence-electron chi connectivity index (χ1n) is 6.54. The molecule has 1 N–H and O–H groups in total. The van der Waals surface area contributed by atoms with E-state index in [4.69, 9.17) is 4.74 Å². The zero-order valence-corrected chi connectivity index (χ0v) is 11.8. The van der Waals surface area contributed by atoms with E-state index in [2.05, 4.69) is 37.9 Å². The standard InChI is InChI=1S/C13H30N2O/c1-6-15(11-12-16-7-2)10-8-9-14-13(3,4)5/h14H,6-12H2,1-5H3. The predicted molar refractivity (Wildman–Crippen MR) is 71.0 cm³/mol. The van der Waals surface area contributed by atoms with Crippen LogP contribution < -0.4 is 5.32 Å². The van der Waals surface area contributed by atoms with Gasteiger partial charge in [-0.25, -0.2) is 0 Å². The van der Waals surface area contributed by atoms with Crippen molar-refractivity contribution in [3.8, 4) is 0 Å². The van der Waals surface area contributed by atoms with Crippen molar-refractivity contribution >= 4 is 0 Å². The Kier molecular flexibility index (Phi) is 8.90. The summed E-state index contributed by atoms with van der Waals surface area (Å²) in [6, 6.07) is 0. The van der Waals surface area contributed by atoms with E-state index >= 15 is 0 Å². The average molecular weight is 230 g/mol. The molecule has 16 heavy (non-hydrogen) atoms. The van der Waals surface area contributed by atoms with Crippen LogP contribution in [0.15, 0.2) is 0 Å². The van der Waals surface area contributed by atoms with Crippen molar-refractivity contribution in [2.24, 2.45) is 0 Å². The first-order chi connectivity index (χ1) is 7.49. The number of rotatable bonds is 9. The van der Waals surface area contributed by atoms with Crippen LogP contribution in [0.1, 0.15) is 41.0 Å². The molecule has 98 valence electrons. The van der Waals surface area contributed by atoms with Crippen molar-refractivity contribution in [2.45, 2.75) is 46.6 Å². The average Bonchev–Trinajstić information content (AvgIpc) is 2.20. The number of nitrogens with one attached hydrogen (secondary N) is 1. The third-order valence-corrected chi connectivity index (χ3v) is 2.51. The lowest BCUT2D eigenvalue weighted by atomic mass is 10.1. The molecule has 0 radical (unpaired) electrons. The molecule has 0 spiro atoms. The van der Waals surface area contributed by atoms with Gasteiger partial charge in [-0.2, -0.15) is 0 Å². The highest BCUT2D eigenvalue weighted by molar-refractivity contribution is 4.70. The summed E-state index contributed by atoms with van der Waals surface area (Å²) in [7, 11) is 0. The molecule has 0 unspecified atom stereocenters. The molecule has 0 heterocycles. The summed E-state index contributed by atoms with van der Waals surface area (Å²) in [6.45, 7) is 17.0. The highest BCUT2D eigenvalue weighted by Gasteiger charge is 2.08. The molecule has 0 saturated carbocycles. The Morgan fingerprint density at radius 1 is 1.12 bits per heavy atom. The van der Waals surface area contributed by atoms with E-state index in [1.54, 1.807) is 0 Å². The zero-order chi connectivity index (χ0) is 12.4. The third-order valence-electron chi connectivity index (χ3n) is 2.51. The second-order valence-electron chi connectivity index (χ2n) is 5.16.